The lowest BCUT2D eigenvalue weighted by atomic mass is 9.84. The second-order valence-corrected chi connectivity index (χ2v) is 12.4. The molecular weight excluding hydrogens is 550 g/mol. The third kappa shape index (κ3) is 9.33. The summed E-state index contributed by atoms with van der Waals surface area (Å²) in [5.41, 5.74) is 0.250. The number of amides is 1. The monoisotopic (exact) mass is 590 g/mol. The molecule has 2 unspecified atom stereocenters. The summed E-state index contributed by atoms with van der Waals surface area (Å²) < 4.78 is 36.4. The van der Waals surface area contributed by atoms with Crippen molar-refractivity contribution in [2.45, 2.75) is 72.6 Å². The molecule has 3 rings (SSSR count). The first-order chi connectivity index (χ1) is 19.2. The number of alkyl halides is 1. The number of carbonyl (C=O) groups excluding carboxylic acids is 1. The van der Waals surface area contributed by atoms with Crippen molar-refractivity contribution in [1.82, 2.24) is 19.8 Å². The van der Waals surface area contributed by atoms with Crippen molar-refractivity contribution in [3.05, 3.63) is 77.8 Å². The topological polar surface area (TPSA) is 79.6 Å². The Morgan fingerprint density at radius 3 is 2.41 bits per heavy atom. The van der Waals surface area contributed by atoms with Gasteiger partial charge in [0.05, 0.1) is 17.3 Å². The third-order valence-electron chi connectivity index (χ3n) is 6.38. The van der Waals surface area contributed by atoms with Gasteiger partial charge in [-0.25, -0.2) is 13.8 Å². The first kappa shape index (κ1) is 32.7. The van der Waals surface area contributed by atoms with Crippen LogP contribution in [0.3, 0.4) is 0 Å². The smallest absolute Gasteiger partial charge is 0.238 e. The minimum absolute atomic E-state index is 0.0398. The van der Waals surface area contributed by atoms with Crippen LogP contribution in [0.4, 0.5) is 8.78 Å². The molecule has 1 amide bonds. The molecule has 0 saturated carbocycles. The number of aliphatic hydroxyl groups is 1. The van der Waals surface area contributed by atoms with Gasteiger partial charge >= 0.3 is 0 Å². The summed E-state index contributed by atoms with van der Waals surface area (Å²) in [6, 6.07) is 12.4. The highest BCUT2D eigenvalue weighted by atomic mass is 35.5. The number of ether oxygens (including phenoxy) is 1. The first-order valence-electron chi connectivity index (χ1n) is 13.7. The number of carbonyl (C=O) groups is 1. The van der Waals surface area contributed by atoms with E-state index >= 15 is 0 Å². The molecule has 1 aromatic heterocycles. The van der Waals surface area contributed by atoms with Crippen molar-refractivity contribution in [2.24, 2.45) is 5.41 Å². The van der Waals surface area contributed by atoms with Crippen LogP contribution in [-0.4, -0.2) is 56.4 Å². The Morgan fingerprint density at radius 2 is 1.80 bits per heavy atom. The van der Waals surface area contributed by atoms with Gasteiger partial charge in [0.25, 0.3) is 0 Å². The fourth-order valence-corrected chi connectivity index (χ4v) is 4.85. The summed E-state index contributed by atoms with van der Waals surface area (Å²) in [6.07, 6.45) is 1.04. The van der Waals surface area contributed by atoms with Crippen molar-refractivity contribution in [2.75, 3.05) is 19.0 Å². The van der Waals surface area contributed by atoms with Crippen LogP contribution in [0.1, 0.15) is 65.4 Å². The van der Waals surface area contributed by atoms with Gasteiger partial charge in [0.15, 0.2) is 0 Å². The molecule has 0 aliphatic heterocycles. The molecule has 0 radical (unpaired) electrons. The van der Waals surface area contributed by atoms with Gasteiger partial charge in [0, 0.05) is 31.4 Å². The van der Waals surface area contributed by atoms with Crippen LogP contribution in [0, 0.1) is 17.0 Å². The number of rotatable bonds is 12. The summed E-state index contributed by atoms with van der Waals surface area (Å²) in [7, 11) is 0. The number of imidazole rings is 1. The number of halogens is 3. The minimum atomic E-state index is -1.15. The summed E-state index contributed by atoms with van der Waals surface area (Å²) in [4.78, 5) is 19.8. The molecule has 0 fully saturated rings. The summed E-state index contributed by atoms with van der Waals surface area (Å²) in [6.45, 7) is 12.6. The first-order valence-corrected chi connectivity index (χ1v) is 14.2. The van der Waals surface area contributed by atoms with Crippen LogP contribution >= 0.6 is 11.6 Å². The van der Waals surface area contributed by atoms with Gasteiger partial charge < -0.3 is 19.3 Å². The maximum absolute atomic E-state index is 14.8. The van der Waals surface area contributed by atoms with Crippen molar-refractivity contribution in [3.63, 3.8) is 0 Å². The van der Waals surface area contributed by atoms with Gasteiger partial charge in [-0.3, -0.25) is 10.1 Å². The maximum atomic E-state index is 14.8. The van der Waals surface area contributed by atoms with Gasteiger partial charge in [-0.2, -0.15) is 0 Å². The number of nitrogens with zero attached hydrogens (tertiary/aromatic N) is 3. The summed E-state index contributed by atoms with van der Waals surface area (Å²) in [5.74, 6) is -1.16. The largest absolute Gasteiger partial charge is 0.356 e. The normalized spacial score (nSPS) is 13.7. The molecular formula is C31H41ClF2N4O3. The van der Waals surface area contributed by atoms with E-state index in [0.29, 0.717) is 31.9 Å². The zero-order chi connectivity index (χ0) is 30.4. The Morgan fingerprint density at radius 1 is 1.12 bits per heavy atom. The average molecular weight is 591 g/mol. The Labute approximate surface area is 246 Å². The standard InChI is InChI=1S/C31H41ClF2N4O3/c1-30(2,3)27(38(26(39)18-32)16-10-15-35-29(40)41-31(4,5)6)28-36-25(23-17-22(33)13-14-24(23)34)20-37(28)19-21-11-8-7-9-12-21/h7-9,11-14,17,20,27,29,35,40H,10,15-16,18-19H2,1-6H3. The van der Waals surface area contributed by atoms with E-state index in [1.165, 1.54) is 0 Å². The third-order valence-corrected chi connectivity index (χ3v) is 6.61. The Balaban J connectivity index is 2.01. The van der Waals surface area contributed by atoms with Gasteiger partial charge in [-0.1, -0.05) is 51.1 Å². The van der Waals surface area contributed by atoms with E-state index in [-0.39, 0.29) is 23.0 Å². The highest BCUT2D eigenvalue weighted by molar-refractivity contribution is 6.27. The Hall–Kier alpha value is -2.85. The SMILES string of the molecule is CC(C)(C)OC(O)NCCCN(C(=O)CCl)C(c1nc(-c2cc(F)ccc2F)cn1Cc1ccccc1)C(C)(C)C. The van der Waals surface area contributed by atoms with E-state index in [1.54, 1.807) is 11.1 Å². The second-order valence-electron chi connectivity index (χ2n) is 12.1. The lowest BCUT2D eigenvalue weighted by Crippen LogP contribution is -2.45. The van der Waals surface area contributed by atoms with E-state index in [0.717, 1.165) is 23.8 Å². The van der Waals surface area contributed by atoms with Crippen molar-refractivity contribution in [1.29, 1.82) is 0 Å². The van der Waals surface area contributed by atoms with E-state index in [2.05, 4.69) is 5.32 Å². The van der Waals surface area contributed by atoms with Crippen molar-refractivity contribution >= 4 is 17.5 Å². The molecule has 0 aliphatic rings. The van der Waals surface area contributed by atoms with Crippen molar-refractivity contribution in [3.8, 4) is 11.3 Å². The van der Waals surface area contributed by atoms with E-state index in [1.807, 2.05) is 76.4 Å². The molecule has 0 bridgehead atoms. The molecule has 0 aliphatic carbocycles. The number of hydrogen-bond acceptors (Lipinski definition) is 5. The molecule has 1 heterocycles. The fourth-order valence-electron chi connectivity index (χ4n) is 4.70. The van der Waals surface area contributed by atoms with E-state index < -0.39 is 35.1 Å². The Kier molecular flexibility index (Phi) is 11.1. The van der Waals surface area contributed by atoms with Crippen LogP contribution < -0.4 is 5.32 Å². The predicted octanol–water partition coefficient (Wildman–Crippen LogP) is 6.10. The number of nitrogens with one attached hydrogen (secondary N) is 1. The van der Waals surface area contributed by atoms with Crippen LogP contribution in [0.25, 0.3) is 11.3 Å². The highest BCUT2D eigenvalue weighted by Gasteiger charge is 2.38. The molecule has 0 saturated heterocycles. The molecule has 0 spiro atoms. The number of benzene rings is 2. The zero-order valence-electron chi connectivity index (χ0n) is 24.6. The zero-order valence-corrected chi connectivity index (χ0v) is 25.4. The molecule has 224 valence electrons. The molecule has 2 aromatic carbocycles. The molecule has 41 heavy (non-hydrogen) atoms. The fraction of sp³-hybridized carbons (Fsp3) is 0.484. The van der Waals surface area contributed by atoms with Gasteiger partial charge in [0.2, 0.25) is 12.3 Å². The number of aliphatic hydroxyl groups excluding tert-OH is 1. The molecule has 2 atom stereocenters. The molecule has 3 aromatic rings. The molecule has 10 heteroatoms. The van der Waals surface area contributed by atoms with E-state index in [9.17, 15) is 18.7 Å². The van der Waals surface area contributed by atoms with Crippen molar-refractivity contribution < 1.29 is 23.4 Å². The summed E-state index contributed by atoms with van der Waals surface area (Å²) in [5, 5.41) is 13.1. The Bertz CT molecular complexity index is 1290. The molecule has 2 N–H and O–H groups in total. The summed E-state index contributed by atoms with van der Waals surface area (Å²) >= 11 is 6.09. The lowest BCUT2D eigenvalue weighted by molar-refractivity contribution is -0.181. The van der Waals surface area contributed by atoms with E-state index in [4.69, 9.17) is 21.3 Å². The van der Waals surface area contributed by atoms with Crippen LogP contribution in [0.2, 0.25) is 0 Å². The average Bonchev–Trinajstić information content (AvgIpc) is 3.28. The van der Waals surface area contributed by atoms with Crippen LogP contribution in [0.5, 0.6) is 0 Å². The van der Waals surface area contributed by atoms with Crippen LogP contribution in [0.15, 0.2) is 54.7 Å². The number of hydrogen-bond donors (Lipinski definition) is 2. The predicted molar refractivity (Wildman–Crippen MR) is 157 cm³/mol. The quantitative estimate of drug-likeness (QED) is 0.151. The van der Waals surface area contributed by atoms with Gasteiger partial charge in [-0.05, 0) is 56.4 Å². The minimum Gasteiger partial charge on any atom is -0.356 e. The van der Waals surface area contributed by atoms with Crippen LogP contribution in [-0.2, 0) is 16.1 Å². The van der Waals surface area contributed by atoms with Gasteiger partial charge in [0.1, 0.15) is 23.3 Å². The van der Waals surface area contributed by atoms with Gasteiger partial charge in [-0.15, -0.1) is 11.6 Å². The molecule has 7 nitrogen and oxygen atoms in total. The maximum Gasteiger partial charge on any atom is 0.238 e. The number of aromatic nitrogens is 2. The second kappa shape index (κ2) is 13.9. The lowest BCUT2D eigenvalue weighted by Gasteiger charge is -2.40. The highest BCUT2D eigenvalue weighted by Crippen LogP contribution is 2.39.